The fourth-order valence-corrected chi connectivity index (χ4v) is 3.65. The van der Waals surface area contributed by atoms with Crippen LogP contribution in [-0.2, 0) is 9.59 Å². The third-order valence-electron chi connectivity index (χ3n) is 5.24. The van der Waals surface area contributed by atoms with Crippen molar-refractivity contribution in [2.45, 2.75) is 96.1 Å². The first-order valence-electron chi connectivity index (χ1n) is 11.2. The second-order valence-corrected chi connectivity index (χ2v) is 7.69. The fourth-order valence-electron chi connectivity index (χ4n) is 3.65. The second-order valence-electron chi connectivity index (χ2n) is 7.69. The van der Waals surface area contributed by atoms with E-state index in [9.17, 15) is 19.8 Å². The van der Waals surface area contributed by atoms with E-state index in [4.69, 9.17) is 9.22 Å². The van der Waals surface area contributed by atoms with Crippen LogP contribution in [0.1, 0.15) is 88.5 Å². The molecule has 0 aromatic heterocycles. The standard InChI is InChI=1S/C21H36O5/c1-16(22)13-15-21(2,26)14-7-9-18-17(11-12-19(18)23)8-5-3-4-6-10-20(24)25/h7,9,17-19,23,26H,3-6,8,10-15H2,1-2H3,(H,24,25)/b9-7+/t17-,18+,19-,21?/m0/s1/i2D3. The van der Waals surface area contributed by atoms with Crippen LogP contribution in [-0.4, -0.2) is 38.8 Å². The molecule has 0 saturated heterocycles. The van der Waals surface area contributed by atoms with Gasteiger partial charge in [0, 0.05) is 22.9 Å². The van der Waals surface area contributed by atoms with Gasteiger partial charge >= 0.3 is 5.97 Å². The zero-order valence-corrected chi connectivity index (χ0v) is 15.8. The number of carbonyl (C=O) groups is 2. The lowest BCUT2D eigenvalue weighted by Gasteiger charge is -2.22. The first-order valence-corrected chi connectivity index (χ1v) is 9.74. The van der Waals surface area contributed by atoms with Crippen LogP contribution in [0.4, 0.5) is 0 Å². The van der Waals surface area contributed by atoms with Crippen LogP contribution in [0.2, 0.25) is 0 Å². The molecule has 0 radical (unpaired) electrons. The van der Waals surface area contributed by atoms with Crippen LogP contribution in [0.25, 0.3) is 0 Å². The molecule has 5 nitrogen and oxygen atoms in total. The number of unbranched alkanes of at least 4 members (excludes halogenated alkanes) is 3. The van der Waals surface area contributed by atoms with Gasteiger partial charge in [-0.2, -0.15) is 0 Å². The van der Waals surface area contributed by atoms with Crippen molar-refractivity contribution in [3.05, 3.63) is 12.2 Å². The van der Waals surface area contributed by atoms with Gasteiger partial charge in [-0.05, 0) is 58.2 Å². The molecule has 150 valence electrons. The topological polar surface area (TPSA) is 94.8 Å². The highest BCUT2D eigenvalue weighted by Gasteiger charge is 2.32. The van der Waals surface area contributed by atoms with Gasteiger partial charge < -0.3 is 20.1 Å². The van der Waals surface area contributed by atoms with E-state index in [0.29, 0.717) is 18.8 Å². The minimum atomic E-state index is -2.59. The minimum absolute atomic E-state index is 0.0132. The maximum atomic E-state index is 11.2. The summed E-state index contributed by atoms with van der Waals surface area (Å²) in [5.74, 6) is -0.692. The van der Waals surface area contributed by atoms with E-state index >= 15 is 0 Å². The SMILES string of the molecule is [2H]C([2H])([2H])C(O)(C/C=C/[C@@H]1[C@@H](CCCCCCC(=O)O)CC[C@@H]1O)CCC(C)=O. The van der Waals surface area contributed by atoms with Gasteiger partial charge in [-0.1, -0.05) is 31.4 Å². The van der Waals surface area contributed by atoms with E-state index in [1.54, 1.807) is 6.08 Å². The predicted molar refractivity (Wildman–Crippen MR) is 102 cm³/mol. The summed E-state index contributed by atoms with van der Waals surface area (Å²) >= 11 is 0. The first-order chi connectivity index (χ1) is 13.5. The lowest BCUT2D eigenvalue weighted by molar-refractivity contribution is -0.137. The largest absolute Gasteiger partial charge is 0.481 e. The van der Waals surface area contributed by atoms with Crippen molar-refractivity contribution in [2.75, 3.05) is 0 Å². The van der Waals surface area contributed by atoms with E-state index < -0.39 is 24.5 Å². The Kier molecular flexibility index (Phi) is 8.04. The molecule has 1 rings (SSSR count). The summed E-state index contributed by atoms with van der Waals surface area (Å²) in [7, 11) is 0. The van der Waals surface area contributed by atoms with Crippen LogP contribution >= 0.6 is 0 Å². The average Bonchev–Trinajstić information content (AvgIpc) is 2.95. The Morgan fingerprint density at radius 2 is 1.92 bits per heavy atom. The zero-order valence-electron chi connectivity index (χ0n) is 18.8. The van der Waals surface area contributed by atoms with Gasteiger partial charge in [0.15, 0.2) is 0 Å². The van der Waals surface area contributed by atoms with Crippen LogP contribution in [0.3, 0.4) is 0 Å². The Hall–Kier alpha value is -1.20. The smallest absolute Gasteiger partial charge is 0.303 e. The van der Waals surface area contributed by atoms with Crippen molar-refractivity contribution in [3.8, 4) is 0 Å². The maximum Gasteiger partial charge on any atom is 0.303 e. The van der Waals surface area contributed by atoms with E-state index in [0.717, 1.165) is 32.1 Å². The highest BCUT2D eigenvalue weighted by atomic mass is 16.4. The number of carboxylic acid groups (broad SMARTS) is 1. The number of Topliss-reactive ketones (excluding diaryl/α,β-unsaturated/α-hetero) is 1. The Morgan fingerprint density at radius 3 is 2.58 bits per heavy atom. The molecule has 0 aliphatic heterocycles. The number of carboxylic acids is 1. The molecule has 4 atom stereocenters. The Labute approximate surface area is 161 Å². The summed E-state index contributed by atoms with van der Waals surface area (Å²) in [4.78, 5) is 21.7. The molecule has 26 heavy (non-hydrogen) atoms. The number of aliphatic hydroxyl groups excluding tert-OH is 1. The molecule has 1 unspecified atom stereocenters. The summed E-state index contributed by atoms with van der Waals surface area (Å²) in [6, 6.07) is 0. The Bertz CT molecular complexity index is 561. The van der Waals surface area contributed by atoms with Gasteiger partial charge in [0.25, 0.3) is 0 Å². The van der Waals surface area contributed by atoms with Gasteiger partial charge in [0.1, 0.15) is 5.78 Å². The Morgan fingerprint density at radius 1 is 1.19 bits per heavy atom. The maximum absolute atomic E-state index is 11.2. The molecule has 0 bridgehead atoms. The number of aliphatic hydroxyl groups is 2. The number of hydrogen-bond acceptors (Lipinski definition) is 4. The van der Waals surface area contributed by atoms with Crippen molar-refractivity contribution in [3.63, 3.8) is 0 Å². The summed E-state index contributed by atoms with van der Waals surface area (Å²) in [5, 5.41) is 29.5. The number of carbonyl (C=O) groups excluding carboxylic acids is 1. The second kappa shape index (κ2) is 11.5. The monoisotopic (exact) mass is 371 g/mol. The van der Waals surface area contributed by atoms with Crippen molar-refractivity contribution in [1.29, 1.82) is 0 Å². The van der Waals surface area contributed by atoms with Crippen molar-refractivity contribution >= 4 is 11.8 Å². The summed E-state index contributed by atoms with van der Waals surface area (Å²) in [6.45, 7) is -1.21. The molecule has 0 aromatic carbocycles. The molecule has 0 spiro atoms. The summed E-state index contributed by atoms with van der Waals surface area (Å²) < 4.78 is 22.9. The Balaban J connectivity index is 2.57. The normalized spacial score (nSPS) is 27.7. The van der Waals surface area contributed by atoms with Crippen LogP contribution in [0.5, 0.6) is 0 Å². The van der Waals surface area contributed by atoms with Crippen LogP contribution in [0.15, 0.2) is 12.2 Å². The lowest BCUT2D eigenvalue weighted by atomic mass is 9.88. The third kappa shape index (κ3) is 9.48. The minimum Gasteiger partial charge on any atom is -0.481 e. The molecule has 0 aromatic rings. The van der Waals surface area contributed by atoms with E-state index in [1.165, 1.54) is 6.92 Å². The zero-order chi connectivity index (χ0) is 22.1. The van der Waals surface area contributed by atoms with Gasteiger partial charge in [-0.3, -0.25) is 4.79 Å². The fraction of sp³-hybridized carbons (Fsp3) is 0.810. The van der Waals surface area contributed by atoms with Gasteiger partial charge in [0.05, 0.1) is 11.7 Å². The molecule has 5 heteroatoms. The van der Waals surface area contributed by atoms with Crippen molar-refractivity contribution < 1.29 is 29.0 Å². The molecular weight excluding hydrogens is 332 g/mol. The first kappa shape index (κ1) is 18.2. The van der Waals surface area contributed by atoms with Gasteiger partial charge in [0.2, 0.25) is 0 Å². The highest BCUT2D eigenvalue weighted by Crippen LogP contribution is 2.37. The average molecular weight is 372 g/mol. The summed E-state index contributed by atoms with van der Waals surface area (Å²) in [6.07, 6.45) is 9.05. The molecule has 0 heterocycles. The molecule has 1 aliphatic rings. The molecule has 3 N–H and O–H groups in total. The quantitative estimate of drug-likeness (QED) is 0.337. The lowest BCUT2D eigenvalue weighted by Crippen LogP contribution is -2.24. The van der Waals surface area contributed by atoms with E-state index in [1.807, 2.05) is 6.08 Å². The van der Waals surface area contributed by atoms with Gasteiger partial charge in [-0.25, -0.2) is 0 Å². The van der Waals surface area contributed by atoms with Crippen LogP contribution < -0.4 is 0 Å². The molecule has 1 fully saturated rings. The molecule has 1 aliphatic carbocycles. The number of ketones is 1. The summed E-state index contributed by atoms with van der Waals surface area (Å²) in [5.41, 5.74) is -1.95. The number of aliphatic carboxylic acids is 1. The van der Waals surface area contributed by atoms with Crippen molar-refractivity contribution in [1.82, 2.24) is 0 Å². The molecular formula is C21H36O5. The predicted octanol–water partition coefficient (Wildman–Crippen LogP) is 3.87. The van der Waals surface area contributed by atoms with E-state index in [2.05, 4.69) is 0 Å². The third-order valence-corrected chi connectivity index (χ3v) is 5.24. The number of hydrogen-bond donors (Lipinski definition) is 3. The molecule has 1 saturated carbocycles. The van der Waals surface area contributed by atoms with E-state index in [-0.39, 0.29) is 37.4 Å². The van der Waals surface area contributed by atoms with Gasteiger partial charge in [-0.15, -0.1) is 0 Å². The van der Waals surface area contributed by atoms with Crippen molar-refractivity contribution in [2.24, 2.45) is 11.8 Å². The molecule has 0 amide bonds. The highest BCUT2D eigenvalue weighted by molar-refractivity contribution is 5.75. The van der Waals surface area contributed by atoms with Crippen LogP contribution in [0, 0.1) is 11.8 Å². The number of rotatable bonds is 13.